The van der Waals surface area contributed by atoms with Crippen LogP contribution in [0.3, 0.4) is 0 Å². The van der Waals surface area contributed by atoms with E-state index in [2.05, 4.69) is 12.2 Å². The highest BCUT2D eigenvalue weighted by atomic mass is 16.5. The van der Waals surface area contributed by atoms with Gasteiger partial charge in [0.15, 0.2) is 0 Å². The summed E-state index contributed by atoms with van der Waals surface area (Å²) in [5, 5.41) is 2.92. The fourth-order valence-corrected chi connectivity index (χ4v) is 2.84. The van der Waals surface area contributed by atoms with Gasteiger partial charge in [0, 0.05) is 5.69 Å². The van der Waals surface area contributed by atoms with Crippen LogP contribution in [0.25, 0.3) is 0 Å². The molecular formula is C13H15NO2. The molecule has 3 nitrogen and oxygen atoms in total. The number of ether oxygens (including phenoxy) is 1. The maximum absolute atomic E-state index is 12.1. The Morgan fingerprint density at radius 3 is 2.56 bits per heavy atom. The molecule has 0 unspecified atom stereocenters. The number of benzene rings is 1. The molecule has 1 aromatic carbocycles. The van der Waals surface area contributed by atoms with Crippen LogP contribution in [-0.2, 0) is 9.53 Å². The van der Waals surface area contributed by atoms with Crippen molar-refractivity contribution in [2.75, 3.05) is 11.9 Å². The second kappa shape index (κ2) is 3.08. The normalized spacial score (nSPS) is 35.6. The van der Waals surface area contributed by atoms with Gasteiger partial charge < -0.3 is 10.1 Å². The fourth-order valence-electron chi connectivity index (χ4n) is 2.84. The van der Waals surface area contributed by atoms with Crippen LogP contribution in [0.15, 0.2) is 30.3 Å². The molecule has 2 aliphatic heterocycles. The van der Waals surface area contributed by atoms with Crippen molar-refractivity contribution in [3.63, 3.8) is 0 Å². The zero-order valence-electron chi connectivity index (χ0n) is 9.32. The van der Waals surface area contributed by atoms with E-state index in [-0.39, 0.29) is 11.3 Å². The number of amides is 1. The first kappa shape index (κ1) is 9.85. The van der Waals surface area contributed by atoms with E-state index in [1.807, 2.05) is 30.3 Å². The van der Waals surface area contributed by atoms with Gasteiger partial charge in [-0.3, -0.25) is 4.79 Å². The van der Waals surface area contributed by atoms with E-state index in [9.17, 15) is 4.79 Å². The molecule has 0 spiro atoms. The van der Waals surface area contributed by atoms with Crippen LogP contribution in [0.2, 0.25) is 0 Å². The Balaban J connectivity index is 1.72. The topological polar surface area (TPSA) is 38.3 Å². The Kier molecular flexibility index (Phi) is 1.89. The van der Waals surface area contributed by atoms with Gasteiger partial charge in [-0.25, -0.2) is 0 Å². The molecule has 2 heterocycles. The minimum absolute atomic E-state index is 0.00803. The van der Waals surface area contributed by atoms with E-state index in [4.69, 9.17) is 4.74 Å². The molecule has 1 aliphatic carbocycles. The summed E-state index contributed by atoms with van der Waals surface area (Å²) in [5.74, 6) is 0.00803. The van der Waals surface area contributed by atoms with Crippen molar-refractivity contribution >= 4 is 11.6 Å². The Hall–Kier alpha value is -1.35. The molecule has 1 N–H and O–H groups in total. The van der Waals surface area contributed by atoms with E-state index in [1.54, 1.807) is 0 Å². The summed E-state index contributed by atoms with van der Waals surface area (Å²) in [6, 6.07) is 9.53. The molecule has 3 heteroatoms. The summed E-state index contributed by atoms with van der Waals surface area (Å²) < 4.78 is 5.64. The van der Waals surface area contributed by atoms with Gasteiger partial charge >= 0.3 is 0 Å². The third kappa shape index (κ3) is 1.35. The molecule has 1 aromatic rings. The predicted molar refractivity (Wildman–Crippen MR) is 61.1 cm³/mol. The predicted octanol–water partition coefficient (Wildman–Crippen LogP) is 2.19. The molecule has 1 amide bonds. The smallest absolute Gasteiger partial charge is 0.256 e. The molecule has 4 rings (SSSR count). The van der Waals surface area contributed by atoms with Gasteiger partial charge in [0.25, 0.3) is 5.91 Å². The van der Waals surface area contributed by atoms with Crippen LogP contribution < -0.4 is 5.32 Å². The van der Waals surface area contributed by atoms with Crippen molar-refractivity contribution in [3.05, 3.63) is 30.3 Å². The van der Waals surface area contributed by atoms with Crippen LogP contribution >= 0.6 is 0 Å². The highest BCUT2D eigenvalue weighted by Gasteiger charge is 2.63. The van der Waals surface area contributed by atoms with Crippen LogP contribution in [0, 0.1) is 5.41 Å². The van der Waals surface area contributed by atoms with E-state index in [0.717, 1.165) is 25.1 Å². The molecule has 0 aromatic heterocycles. The Labute approximate surface area is 94.8 Å². The number of carbonyl (C=O) groups excluding carboxylic acids is 1. The van der Waals surface area contributed by atoms with Gasteiger partial charge in [0.05, 0.1) is 6.61 Å². The maximum atomic E-state index is 12.1. The van der Waals surface area contributed by atoms with Crippen molar-refractivity contribution in [3.8, 4) is 0 Å². The first-order valence-corrected chi connectivity index (χ1v) is 5.63. The van der Waals surface area contributed by atoms with Gasteiger partial charge in [-0.05, 0) is 30.4 Å². The minimum atomic E-state index is -0.537. The molecule has 2 saturated heterocycles. The first-order chi connectivity index (χ1) is 7.62. The average Bonchev–Trinajstić information content (AvgIpc) is 2.74. The Morgan fingerprint density at radius 1 is 1.31 bits per heavy atom. The number of rotatable bonds is 2. The quantitative estimate of drug-likeness (QED) is 0.824. The third-order valence-corrected chi connectivity index (χ3v) is 3.57. The van der Waals surface area contributed by atoms with Crippen molar-refractivity contribution < 1.29 is 9.53 Å². The van der Waals surface area contributed by atoms with Crippen LogP contribution in [-0.4, -0.2) is 18.1 Å². The fraction of sp³-hybridized carbons (Fsp3) is 0.462. The van der Waals surface area contributed by atoms with Crippen LogP contribution in [0.1, 0.15) is 19.8 Å². The molecular weight excluding hydrogens is 202 g/mol. The van der Waals surface area contributed by atoms with Crippen molar-refractivity contribution in [2.45, 2.75) is 25.4 Å². The first-order valence-electron chi connectivity index (χ1n) is 5.63. The number of hydrogen-bond acceptors (Lipinski definition) is 2. The monoisotopic (exact) mass is 217 g/mol. The molecule has 1 saturated carbocycles. The molecule has 84 valence electrons. The van der Waals surface area contributed by atoms with Crippen molar-refractivity contribution in [1.29, 1.82) is 0 Å². The van der Waals surface area contributed by atoms with E-state index < -0.39 is 5.60 Å². The lowest BCUT2D eigenvalue weighted by Crippen LogP contribution is -2.51. The van der Waals surface area contributed by atoms with Crippen molar-refractivity contribution in [2.24, 2.45) is 5.41 Å². The van der Waals surface area contributed by atoms with Crippen molar-refractivity contribution in [1.82, 2.24) is 0 Å². The largest absolute Gasteiger partial charge is 0.365 e. The zero-order valence-corrected chi connectivity index (χ0v) is 9.32. The summed E-state index contributed by atoms with van der Waals surface area (Å²) in [6.07, 6.45) is 1.72. The lowest BCUT2D eigenvalue weighted by Gasteiger charge is -2.40. The summed E-state index contributed by atoms with van der Waals surface area (Å²) in [4.78, 5) is 12.1. The summed E-state index contributed by atoms with van der Waals surface area (Å²) in [7, 11) is 0. The lowest BCUT2D eigenvalue weighted by molar-refractivity contribution is -0.139. The van der Waals surface area contributed by atoms with Gasteiger partial charge in [-0.2, -0.15) is 0 Å². The number of anilines is 1. The molecule has 16 heavy (non-hydrogen) atoms. The number of hydrogen-bond donors (Lipinski definition) is 1. The highest BCUT2D eigenvalue weighted by Crippen LogP contribution is 2.57. The van der Waals surface area contributed by atoms with Gasteiger partial charge in [-0.15, -0.1) is 0 Å². The number of carbonyl (C=O) groups is 1. The number of nitrogens with one attached hydrogen (secondary N) is 1. The second-order valence-corrected chi connectivity index (χ2v) is 5.27. The second-order valence-electron chi connectivity index (χ2n) is 5.27. The van der Waals surface area contributed by atoms with Crippen LogP contribution in [0.4, 0.5) is 5.69 Å². The lowest BCUT2D eigenvalue weighted by atomic mass is 9.63. The molecule has 0 atom stereocenters. The summed E-state index contributed by atoms with van der Waals surface area (Å²) in [5.41, 5.74) is 0.546. The molecule has 0 radical (unpaired) electrons. The third-order valence-electron chi connectivity index (χ3n) is 3.57. The van der Waals surface area contributed by atoms with Crippen LogP contribution in [0.5, 0.6) is 0 Å². The summed E-state index contributed by atoms with van der Waals surface area (Å²) in [6.45, 7) is 2.89. The minimum Gasteiger partial charge on any atom is -0.365 e. The number of para-hydroxylation sites is 1. The Bertz CT molecular complexity index is 421. The van der Waals surface area contributed by atoms with E-state index >= 15 is 0 Å². The molecule has 2 bridgehead atoms. The molecule has 3 fully saturated rings. The van der Waals surface area contributed by atoms with E-state index in [0.29, 0.717) is 0 Å². The zero-order chi connectivity index (χ0) is 11.2. The van der Waals surface area contributed by atoms with Gasteiger partial charge in [0.2, 0.25) is 0 Å². The SMILES string of the molecule is CC12COC(C(=O)Nc3ccccc3)(C1)C2. The standard InChI is InChI=1S/C13H15NO2/c1-12-7-13(8-12,16-9-12)11(15)14-10-5-3-2-4-6-10/h2-6H,7-9H2,1H3,(H,14,15). The van der Waals surface area contributed by atoms with E-state index in [1.165, 1.54) is 0 Å². The average molecular weight is 217 g/mol. The maximum Gasteiger partial charge on any atom is 0.256 e. The highest BCUT2D eigenvalue weighted by molar-refractivity contribution is 5.98. The van der Waals surface area contributed by atoms with Gasteiger partial charge in [0.1, 0.15) is 5.60 Å². The molecule has 3 aliphatic rings. The van der Waals surface area contributed by atoms with Gasteiger partial charge in [-0.1, -0.05) is 25.1 Å². The number of fused-ring (bicyclic) bond motifs is 1. The summed E-state index contributed by atoms with van der Waals surface area (Å²) >= 11 is 0. The Morgan fingerprint density at radius 2 is 2.00 bits per heavy atom.